The molecule has 0 aliphatic carbocycles. The highest BCUT2D eigenvalue weighted by Gasteiger charge is 2.03. The second-order valence-corrected chi connectivity index (χ2v) is 3.66. The molecular weight excluding hydrogens is 219 g/mol. The fourth-order valence-corrected chi connectivity index (χ4v) is 1.39. The fourth-order valence-electron chi connectivity index (χ4n) is 1.39. The SMILES string of the molecule is CCCCCOc1cc(F)ccc1C#CCO. The lowest BCUT2D eigenvalue weighted by Gasteiger charge is -2.07. The summed E-state index contributed by atoms with van der Waals surface area (Å²) in [5.41, 5.74) is 0.608. The number of hydrogen-bond acceptors (Lipinski definition) is 2. The zero-order valence-electron chi connectivity index (χ0n) is 10.0. The van der Waals surface area contributed by atoms with Crippen LogP contribution in [0.4, 0.5) is 4.39 Å². The van der Waals surface area contributed by atoms with Gasteiger partial charge in [-0.2, -0.15) is 0 Å². The summed E-state index contributed by atoms with van der Waals surface area (Å²) in [6.45, 7) is 2.46. The summed E-state index contributed by atoms with van der Waals surface area (Å²) in [4.78, 5) is 0. The van der Waals surface area contributed by atoms with Gasteiger partial charge in [-0.15, -0.1) is 0 Å². The van der Waals surface area contributed by atoms with Crippen molar-refractivity contribution in [3.05, 3.63) is 29.6 Å². The molecule has 0 heterocycles. The van der Waals surface area contributed by atoms with Gasteiger partial charge in [-0.05, 0) is 18.6 Å². The van der Waals surface area contributed by atoms with Crippen LogP contribution in [0.3, 0.4) is 0 Å². The molecule has 0 fully saturated rings. The Balaban J connectivity index is 2.69. The average molecular weight is 236 g/mol. The lowest BCUT2D eigenvalue weighted by atomic mass is 10.2. The third-order valence-corrected chi connectivity index (χ3v) is 2.25. The minimum Gasteiger partial charge on any atom is -0.492 e. The number of ether oxygens (including phenoxy) is 1. The molecule has 0 amide bonds. The molecule has 0 bridgehead atoms. The van der Waals surface area contributed by atoms with Crippen molar-refractivity contribution in [2.24, 2.45) is 0 Å². The molecule has 1 aromatic rings. The van der Waals surface area contributed by atoms with Gasteiger partial charge in [0.1, 0.15) is 18.2 Å². The van der Waals surface area contributed by atoms with Crippen molar-refractivity contribution in [2.45, 2.75) is 26.2 Å². The van der Waals surface area contributed by atoms with E-state index in [9.17, 15) is 4.39 Å². The molecule has 2 nitrogen and oxygen atoms in total. The van der Waals surface area contributed by atoms with Crippen LogP contribution in [0, 0.1) is 17.7 Å². The lowest BCUT2D eigenvalue weighted by Crippen LogP contribution is -1.99. The van der Waals surface area contributed by atoms with Crippen LogP contribution < -0.4 is 4.74 Å². The predicted octanol–water partition coefficient (Wildman–Crippen LogP) is 2.74. The van der Waals surface area contributed by atoms with Crippen molar-refractivity contribution in [2.75, 3.05) is 13.2 Å². The molecule has 1 rings (SSSR count). The van der Waals surface area contributed by atoms with Gasteiger partial charge in [-0.1, -0.05) is 31.6 Å². The molecule has 0 spiro atoms. The van der Waals surface area contributed by atoms with Gasteiger partial charge in [-0.3, -0.25) is 0 Å². The molecular formula is C14H17FO2. The van der Waals surface area contributed by atoms with E-state index in [4.69, 9.17) is 9.84 Å². The normalized spacial score (nSPS) is 9.59. The van der Waals surface area contributed by atoms with Crippen LogP contribution in [0.1, 0.15) is 31.7 Å². The highest BCUT2D eigenvalue weighted by atomic mass is 19.1. The second kappa shape index (κ2) is 7.70. The van der Waals surface area contributed by atoms with Crippen molar-refractivity contribution >= 4 is 0 Å². The molecule has 0 aliphatic heterocycles. The molecule has 0 aliphatic rings. The van der Waals surface area contributed by atoms with E-state index >= 15 is 0 Å². The summed E-state index contributed by atoms with van der Waals surface area (Å²) in [7, 11) is 0. The highest BCUT2D eigenvalue weighted by Crippen LogP contribution is 2.19. The van der Waals surface area contributed by atoms with Crippen LogP contribution >= 0.6 is 0 Å². The molecule has 0 radical (unpaired) electrons. The minimum atomic E-state index is -0.343. The molecule has 92 valence electrons. The maximum Gasteiger partial charge on any atom is 0.137 e. The van der Waals surface area contributed by atoms with Gasteiger partial charge < -0.3 is 9.84 Å². The van der Waals surface area contributed by atoms with Crippen molar-refractivity contribution in [3.8, 4) is 17.6 Å². The zero-order chi connectivity index (χ0) is 12.5. The number of unbranched alkanes of at least 4 members (excludes halogenated alkanes) is 2. The summed E-state index contributed by atoms with van der Waals surface area (Å²) in [6.07, 6.45) is 3.15. The Morgan fingerprint density at radius 1 is 1.35 bits per heavy atom. The molecule has 17 heavy (non-hydrogen) atoms. The molecule has 1 aromatic carbocycles. The number of aliphatic hydroxyl groups is 1. The van der Waals surface area contributed by atoms with E-state index in [1.807, 2.05) is 0 Å². The molecule has 0 aromatic heterocycles. The van der Waals surface area contributed by atoms with Crippen molar-refractivity contribution in [3.63, 3.8) is 0 Å². The monoisotopic (exact) mass is 236 g/mol. The van der Waals surface area contributed by atoms with Crippen LogP contribution in [-0.4, -0.2) is 18.3 Å². The lowest BCUT2D eigenvalue weighted by molar-refractivity contribution is 0.304. The third kappa shape index (κ3) is 4.88. The number of aliphatic hydroxyl groups excluding tert-OH is 1. The largest absolute Gasteiger partial charge is 0.492 e. The Labute approximate surface area is 101 Å². The first kappa shape index (κ1) is 13.5. The Kier molecular flexibility index (Phi) is 6.13. The van der Waals surface area contributed by atoms with E-state index < -0.39 is 0 Å². The number of halogens is 1. The van der Waals surface area contributed by atoms with Crippen LogP contribution in [0.25, 0.3) is 0 Å². The molecule has 0 unspecified atom stereocenters. The summed E-state index contributed by atoms with van der Waals surface area (Å²) in [5, 5.41) is 8.63. The first-order chi connectivity index (χ1) is 8.27. The summed E-state index contributed by atoms with van der Waals surface area (Å²) >= 11 is 0. The molecule has 0 saturated heterocycles. The smallest absolute Gasteiger partial charge is 0.137 e. The van der Waals surface area contributed by atoms with Gasteiger partial charge >= 0.3 is 0 Å². The molecule has 0 atom stereocenters. The van der Waals surface area contributed by atoms with Gasteiger partial charge in [-0.25, -0.2) is 4.39 Å². The first-order valence-corrected chi connectivity index (χ1v) is 5.80. The highest BCUT2D eigenvalue weighted by molar-refractivity contribution is 5.46. The van der Waals surface area contributed by atoms with Crippen molar-refractivity contribution in [1.82, 2.24) is 0 Å². The standard InChI is InChI=1S/C14H17FO2/c1-2-3-4-10-17-14-11-13(15)8-7-12(14)6-5-9-16/h7-8,11,16H,2-4,9-10H2,1H3. The van der Waals surface area contributed by atoms with E-state index in [1.165, 1.54) is 12.1 Å². The average Bonchev–Trinajstić information content (AvgIpc) is 2.33. The topological polar surface area (TPSA) is 29.5 Å². The fraction of sp³-hybridized carbons (Fsp3) is 0.429. The number of rotatable bonds is 5. The Morgan fingerprint density at radius 2 is 2.18 bits per heavy atom. The quantitative estimate of drug-likeness (QED) is 0.629. The van der Waals surface area contributed by atoms with E-state index in [2.05, 4.69) is 18.8 Å². The van der Waals surface area contributed by atoms with E-state index in [1.54, 1.807) is 6.07 Å². The maximum absolute atomic E-state index is 13.1. The Morgan fingerprint density at radius 3 is 2.88 bits per heavy atom. The van der Waals surface area contributed by atoms with Crippen molar-refractivity contribution < 1.29 is 14.2 Å². The van der Waals surface area contributed by atoms with Crippen LogP contribution in [-0.2, 0) is 0 Å². The third-order valence-electron chi connectivity index (χ3n) is 2.25. The predicted molar refractivity (Wildman–Crippen MR) is 65.4 cm³/mol. The summed E-state index contributed by atoms with van der Waals surface area (Å²) in [6, 6.07) is 4.22. The number of benzene rings is 1. The molecule has 1 N–H and O–H groups in total. The summed E-state index contributed by atoms with van der Waals surface area (Å²) in [5.74, 6) is 5.37. The molecule has 3 heteroatoms. The van der Waals surface area contributed by atoms with Gasteiger partial charge in [0, 0.05) is 6.07 Å². The van der Waals surface area contributed by atoms with Gasteiger partial charge in [0.2, 0.25) is 0 Å². The van der Waals surface area contributed by atoms with Crippen LogP contribution in [0.2, 0.25) is 0 Å². The summed E-state index contributed by atoms with van der Waals surface area (Å²) < 4.78 is 18.6. The van der Waals surface area contributed by atoms with E-state index in [0.29, 0.717) is 17.9 Å². The van der Waals surface area contributed by atoms with Crippen LogP contribution in [0.5, 0.6) is 5.75 Å². The number of hydrogen-bond donors (Lipinski definition) is 1. The van der Waals surface area contributed by atoms with Gasteiger partial charge in [0.05, 0.1) is 12.2 Å². The Bertz CT molecular complexity index is 404. The van der Waals surface area contributed by atoms with Gasteiger partial charge in [0.15, 0.2) is 0 Å². The minimum absolute atomic E-state index is 0.216. The maximum atomic E-state index is 13.1. The van der Waals surface area contributed by atoms with Crippen LogP contribution in [0.15, 0.2) is 18.2 Å². The second-order valence-electron chi connectivity index (χ2n) is 3.66. The molecule has 0 saturated carbocycles. The van der Waals surface area contributed by atoms with Gasteiger partial charge in [0.25, 0.3) is 0 Å². The van der Waals surface area contributed by atoms with Crippen molar-refractivity contribution in [1.29, 1.82) is 0 Å². The Hall–Kier alpha value is -1.53. The van der Waals surface area contributed by atoms with E-state index in [-0.39, 0.29) is 12.4 Å². The first-order valence-electron chi connectivity index (χ1n) is 5.80. The zero-order valence-corrected chi connectivity index (χ0v) is 10.0. The van der Waals surface area contributed by atoms with E-state index in [0.717, 1.165) is 19.3 Å².